The van der Waals surface area contributed by atoms with E-state index in [1.165, 1.54) is 25.0 Å². The monoisotopic (exact) mass is 300 g/mol. The highest BCUT2D eigenvalue weighted by Crippen LogP contribution is 2.35. The number of halogens is 3. The van der Waals surface area contributed by atoms with Crippen LogP contribution in [0.1, 0.15) is 42.1 Å². The average molecular weight is 300 g/mol. The summed E-state index contributed by atoms with van der Waals surface area (Å²) >= 11 is 0. The second-order valence-corrected chi connectivity index (χ2v) is 5.28. The molecule has 1 saturated carbocycles. The Morgan fingerprint density at radius 2 is 2.05 bits per heavy atom. The number of hydrogen-bond donors (Lipinski definition) is 2. The summed E-state index contributed by atoms with van der Waals surface area (Å²) in [6.07, 6.45) is -1.22. The molecule has 0 atom stereocenters. The van der Waals surface area contributed by atoms with Gasteiger partial charge in [0.1, 0.15) is 0 Å². The summed E-state index contributed by atoms with van der Waals surface area (Å²) in [6, 6.07) is 3.63. The van der Waals surface area contributed by atoms with Crippen molar-refractivity contribution < 1.29 is 18.0 Å². The molecule has 0 aromatic heterocycles. The summed E-state index contributed by atoms with van der Waals surface area (Å²) in [4.78, 5) is 11.9. The highest BCUT2D eigenvalue weighted by molar-refractivity contribution is 5.95. The Morgan fingerprint density at radius 3 is 2.62 bits per heavy atom. The summed E-state index contributed by atoms with van der Waals surface area (Å²) in [7, 11) is 0. The molecule has 1 aromatic carbocycles. The number of anilines is 1. The number of amides is 1. The molecule has 6 heteroatoms. The van der Waals surface area contributed by atoms with Gasteiger partial charge in [0.15, 0.2) is 0 Å². The summed E-state index contributed by atoms with van der Waals surface area (Å²) in [5, 5.41) is 5.34. The van der Waals surface area contributed by atoms with E-state index in [1.54, 1.807) is 6.92 Å². The largest absolute Gasteiger partial charge is 0.418 e. The molecule has 0 aliphatic heterocycles. The fourth-order valence-corrected chi connectivity index (χ4v) is 2.16. The van der Waals surface area contributed by atoms with E-state index >= 15 is 0 Å². The molecule has 1 aliphatic carbocycles. The van der Waals surface area contributed by atoms with Crippen LogP contribution in [0.15, 0.2) is 18.2 Å². The van der Waals surface area contributed by atoms with Gasteiger partial charge in [-0.15, -0.1) is 0 Å². The summed E-state index contributed by atoms with van der Waals surface area (Å²) in [5.41, 5.74) is -0.765. The fourth-order valence-electron chi connectivity index (χ4n) is 2.16. The van der Waals surface area contributed by atoms with E-state index in [0.29, 0.717) is 19.0 Å². The van der Waals surface area contributed by atoms with Gasteiger partial charge in [0.05, 0.1) is 5.56 Å². The Morgan fingerprint density at radius 1 is 1.33 bits per heavy atom. The summed E-state index contributed by atoms with van der Waals surface area (Å²) in [6.45, 7) is 2.62. The smallest absolute Gasteiger partial charge is 0.385 e. The van der Waals surface area contributed by atoms with Crippen molar-refractivity contribution in [1.29, 1.82) is 0 Å². The van der Waals surface area contributed by atoms with Gasteiger partial charge >= 0.3 is 6.18 Å². The molecular formula is C15H19F3N2O. The number of benzene rings is 1. The van der Waals surface area contributed by atoms with Crippen LogP contribution in [0.5, 0.6) is 0 Å². The molecule has 21 heavy (non-hydrogen) atoms. The van der Waals surface area contributed by atoms with Gasteiger partial charge in [-0.1, -0.05) is 12.8 Å². The van der Waals surface area contributed by atoms with Crippen molar-refractivity contribution in [3.05, 3.63) is 29.3 Å². The van der Waals surface area contributed by atoms with Crippen molar-refractivity contribution >= 4 is 11.6 Å². The Balaban J connectivity index is 2.09. The lowest BCUT2D eigenvalue weighted by Crippen LogP contribution is -2.25. The maximum absolute atomic E-state index is 13.0. The van der Waals surface area contributed by atoms with Gasteiger partial charge in [-0.05, 0) is 37.5 Å². The summed E-state index contributed by atoms with van der Waals surface area (Å²) in [5.74, 6) is 0.219. The Kier molecular flexibility index (Phi) is 4.75. The standard InChI is InChI=1S/C15H19F3N2O/c1-2-19-13-6-5-11(9-12(13)15(16,17)18)14(21)20-8-7-10-3-4-10/h5-6,9-10,19H,2-4,7-8H2,1H3,(H,20,21). The van der Waals surface area contributed by atoms with E-state index < -0.39 is 17.6 Å². The predicted octanol–water partition coefficient (Wildman–Crippen LogP) is 3.67. The number of hydrogen-bond acceptors (Lipinski definition) is 2. The van der Waals surface area contributed by atoms with Gasteiger partial charge in [0.2, 0.25) is 0 Å². The number of carbonyl (C=O) groups is 1. The molecule has 3 nitrogen and oxygen atoms in total. The predicted molar refractivity (Wildman–Crippen MR) is 75.3 cm³/mol. The Hall–Kier alpha value is -1.72. The zero-order chi connectivity index (χ0) is 15.5. The van der Waals surface area contributed by atoms with E-state index in [9.17, 15) is 18.0 Å². The van der Waals surface area contributed by atoms with Crippen molar-refractivity contribution in [2.75, 3.05) is 18.4 Å². The van der Waals surface area contributed by atoms with Crippen molar-refractivity contribution in [2.24, 2.45) is 5.92 Å². The average Bonchev–Trinajstić information content (AvgIpc) is 3.22. The highest BCUT2D eigenvalue weighted by Gasteiger charge is 2.34. The van der Waals surface area contributed by atoms with Crippen LogP contribution in [-0.2, 0) is 6.18 Å². The molecule has 1 fully saturated rings. The van der Waals surface area contributed by atoms with Crippen LogP contribution in [0.3, 0.4) is 0 Å². The lowest BCUT2D eigenvalue weighted by atomic mass is 10.1. The first-order chi connectivity index (χ1) is 9.91. The molecule has 0 heterocycles. The third kappa shape index (κ3) is 4.37. The van der Waals surface area contributed by atoms with Crippen molar-refractivity contribution in [3.63, 3.8) is 0 Å². The van der Waals surface area contributed by atoms with Crippen molar-refractivity contribution in [1.82, 2.24) is 5.32 Å². The number of alkyl halides is 3. The van der Waals surface area contributed by atoms with E-state index in [1.807, 2.05) is 0 Å². The topological polar surface area (TPSA) is 41.1 Å². The molecular weight excluding hydrogens is 281 g/mol. The number of rotatable bonds is 6. The normalized spacial score (nSPS) is 14.9. The van der Waals surface area contributed by atoms with Crippen LogP contribution in [0.4, 0.5) is 18.9 Å². The Bertz CT molecular complexity index is 510. The SMILES string of the molecule is CCNc1ccc(C(=O)NCCC2CC2)cc1C(F)(F)F. The molecule has 0 unspecified atom stereocenters. The third-order valence-electron chi connectivity index (χ3n) is 3.49. The third-order valence-corrected chi connectivity index (χ3v) is 3.49. The fraction of sp³-hybridized carbons (Fsp3) is 0.533. The molecule has 1 aliphatic rings. The van der Waals surface area contributed by atoms with Crippen LogP contribution in [0, 0.1) is 5.92 Å². The second-order valence-electron chi connectivity index (χ2n) is 5.28. The lowest BCUT2D eigenvalue weighted by Gasteiger charge is -2.15. The number of nitrogens with one attached hydrogen (secondary N) is 2. The highest BCUT2D eigenvalue weighted by atomic mass is 19.4. The van der Waals surface area contributed by atoms with Crippen LogP contribution < -0.4 is 10.6 Å². The first-order valence-corrected chi connectivity index (χ1v) is 7.15. The van der Waals surface area contributed by atoms with E-state index in [2.05, 4.69) is 10.6 Å². The maximum atomic E-state index is 13.0. The van der Waals surface area contributed by atoms with Gasteiger partial charge in [-0.2, -0.15) is 13.2 Å². The maximum Gasteiger partial charge on any atom is 0.418 e. The molecule has 2 N–H and O–H groups in total. The lowest BCUT2D eigenvalue weighted by molar-refractivity contribution is -0.137. The van der Waals surface area contributed by atoms with Gasteiger partial charge in [-0.25, -0.2) is 0 Å². The molecule has 0 saturated heterocycles. The van der Waals surface area contributed by atoms with Gasteiger partial charge < -0.3 is 10.6 Å². The molecule has 0 bridgehead atoms. The molecule has 1 aromatic rings. The van der Waals surface area contributed by atoms with E-state index in [4.69, 9.17) is 0 Å². The quantitative estimate of drug-likeness (QED) is 0.841. The second kappa shape index (κ2) is 6.37. The van der Waals surface area contributed by atoms with Gasteiger partial charge in [-0.3, -0.25) is 4.79 Å². The van der Waals surface area contributed by atoms with E-state index in [-0.39, 0.29) is 11.3 Å². The van der Waals surface area contributed by atoms with Crippen LogP contribution in [0.25, 0.3) is 0 Å². The first-order valence-electron chi connectivity index (χ1n) is 7.15. The van der Waals surface area contributed by atoms with Gasteiger partial charge in [0.25, 0.3) is 5.91 Å². The zero-order valence-electron chi connectivity index (χ0n) is 11.9. The number of carbonyl (C=O) groups excluding carboxylic acids is 1. The van der Waals surface area contributed by atoms with Crippen molar-refractivity contribution in [2.45, 2.75) is 32.4 Å². The minimum Gasteiger partial charge on any atom is -0.385 e. The van der Waals surface area contributed by atoms with Gasteiger partial charge in [0, 0.05) is 24.3 Å². The molecule has 0 radical (unpaired) electrons. The molecule has 2 rings (SSSR count). The van der Waals surface area contributed by atoms with Crippen LogP contribution in [0.2, 0.25) is 0 Å². The summed E-state index contributed by atoms with van der Waals surface area (Å²) < 4.78 is 39.0. The Labute approximate surface area is 121 Å². The van der Waals surface area contributed by atoms with E-state index in [0.717, 1.165) is 12.5 Å². The minimum absolute atomic E-state index is 0.000435. The van der Waals surface area contributed by atoms with Crippen molar-refractivity contribution in [3.8, 4) is 0 Å². The molecule has 116 valence electrons. The molecule has 1 amide bonds. The zero-order valence-corrected chi connectivity index (χ0v) is 11.9. The molecule has 0 spiro atoms. The van der Waals surface area contributed by atoms with Crippen LogP contribution in [-0.4, -0.2) is 19.0 Å². The first kappa shape index (κ1) is 15.7. The minimum atomic E-state index is -4.48. The van der Waals surface area contributed by atoms with Crippen LogP contribution >= 0.6 is 0 Å².